The summed E-state index contributed by atoms with van der Waals surface area (Å²) in [6.45, 7) is 0.176. The van der Waals surface area contributed by atoms with Crippen molar-refractivity contribution in [2.75, 3.05) is 13.7 Å². The molecule has 0 aliphatic heterocycles. The van der Waals surface area contributed by atoms with Crippen molar-refractivity contribution in [1.82, 2.24) is 5.32 Å². The molecule has 0 radical (unpaired) electrons. The van der Waals surface area contributed by atoms with Gasteiger partial charge < -0.3 is 15.2 Å². The Bertz CT molecular complexity index is 834. The highest BCUT2D eigenvalue weighted by Crippen LogP contribution is 2.32. The van der Waals surface area contributed by atoms with Gasteiger partial charge in [0.1, 0.15) is 5.75 Å². The fourth-order valence-electron chi connectivity index (χ4n) is 2.61. The summed E-state index contributed by atoms with van der Waals surface area (Å²) in [5.74, 6) is -1.25. The molecule has 8 heteroatoms. The van der Waals surface area contributed by atoms with Gasteiger partial charge in [-0.3, -0.25) is 4.79 Å². The molecule has 5 nitrogen and oxygen atoms in total. The van der Waals surface area contributed by atoms with E-state index >= 15 is 0 Å². The summed E-state index contributed by atoms with van der Waals surface area (Å²) in [6.07, 6.45) is -4.56. The Morgan fingerprint density at radius 1 is 1.11 bits per heavy atom. The van der Waals surface area contributed by atoms with Crippen LogP contribution in [-0.2, 0) is 23.8 Å². The predicted molar refractivity (Wildman–Crippen MR) is 91.8 cm³/mol. The first-order chi connectivity index (χ1) is 12.7. The first-order valence-corrected chi connectivity index (χ1v) is 8.04. The Kier molecular flexibility index (Phi) is 6.44. The highest BCUT2D eigenvalue weighted by molar-refractivity contribution is 5.88. The van der Waals surface area contributed by atoms with Gasteiger partial charge in [-0.25, -0.2) is 4.79 Å². The minimum atomic E-state index is -4.52. The minimum absolute atomic E-state index is 0.0726. The van der Waals surface area contributed by atoms with Crippen LogP contribution >= 0.6 is 0 Å². The zero-order valence-electron chi connectivity index (χ0n) is 14.5. The Morgan fingerprint density at radius 3 is 2.44 bits per heavy atom. The lowest BCUT2D eigenvalue weighted by Gasteiger charge is -2.13. The molecule has 0 spiro atoms. The molecule has 0 atom stereocenters. The average Bonchev–Trinajstić information content (AvgIpc) is 2.61. The van der Waals surface area contributed by atoms with Crippen LogP contribution < -0.4 is 10.1 Å². The summed E-state index contributed by atoms with van der Waals surface area (Å²) in [4.78, 5) is 23.0. The number of amides is 1. The number of carbonyl (C=O) groups excluding carboxylic acids is 1. The van der Waals surface area contributed by atoms with Crippen molar-refractivity contribution in [3.05, 3.63) is 64.7 Å². The predicted octanol–water partition coefficient (Wildman–Crippen LogP) is 3.31. The molecular formula is C19H18F3NO4. The Balaban J connectivity index is 1.97. The molecule has 0 aliphatic rings. The molecule has 0 saturated carbocycles. The number of benzene rings is 2. The number of halogens is 3. The van der Waals surface area contributed by atoms with E-state index in [9.17, 15) is 22.8 Å². The minimum Gasteiger partial charge on any atom is -0.496 e. The highest BCUT2D eigenvalue weighted by Gasteiger charge is 2.33. The highest BCUT2D eigenvalue weighted by atomic mass is 19.4. The smallest absolute Gasteiger partial charge is 0.416 e. The van der Waals surface area contributed by atoms with Crippen LogP contribution in [0.3, 0.4) is 0 Å². The summed E-state index contributed by atoms with van der Waals surface area (Å²) < 4.78 is 44.0. The third kappa shape index (κ3) is 5.47. The van der Waals surface area contributed by atoms with Crippen LogP contribution in [0, 0.1) is 0 Å². The molecule has 27 heavy (non-hydrogen) atoms. The number of rotatable bonds is 7. The third-order valence-corrected chi connectivity index (χ3v) is 3.92. The van der Waals surface area contributed by atoms with Gasteiger partial charge in [0.15, 0.2) is 0 Å². The molecule has 0 heterocycles. The van der Waals surface area contributed by atoms with Gasteiger partial charge in [0.2, 0.25) is 5.91 Å². The monoisotopic (exact) mass is 381 g/mol. The summed E-state index contributed by atoms with van der Waals surface area (Å²) >= 11 is 0. The number of alkyl halides is 3. The van der Waals surface area contributed by atoms with Crippen molar-refractivity contribution in [3.63, 3.8) is 0 Å². The van der Waals surface area contributed by atoms with Crippen LogP contribution in [0.2, 0.25) is 0 Å². The topological polar surface area (TPSA) is 75.6 Å². The number of nitrogens with one attached hydrogen (secondary N) is 1. The maximum atomic E-state index is 13.0. The molecule has 0 aromatic heterocycles. The number of aromatic carboxylic acids is 1. The normalized spacial score (nSPS) is 11.1. The zero-order chi connectivity index (χ0) is 20.0. The van der Waals surface area contributed by atoms with Crippen molar-refractivity contribution >= 4 is 11.9 Å². The summed E-state index contributed by atoms with van der Waals surface area (Å²) in [5.41, 5.74) is -0.168. The maximum Gasteiger partial charge on any atom is 0.416 e. The second-order valence-electron chi connectivity index (χ2n) is 5.76. The lowest BCUT2D eigenvalue weighted by molar-refractivity contribution is -0.138. The molecule has 144 valence electrons. The van der Waals surface area contributed by atoms with Crippen molar-refractivity contribution < 1.29 is 32.6 Å². The molecule has 0 fully saturated rings. The van der Waals surface area contributed by atoms with E-state index in [0.29, 0.717) is 17.7 Å². The second kappa shape index (κ2) is 8.57. The number of hydrogen-bond donors (Lipinski definition) is 2. The van der Waals surface area contributed by atoms with E-state index in [1.165, 1.54) is 37.4 Å². The van der Waals surface area contributed by atoms with Crippen LogP contribution in [0.4, 0.5) is 13.2 Å². The standard InChI is InChI=1S/C19H18F3NO4/c1-27-16-10-14(18(25)26)7-6-12(16)8-9-23-17(24)11-13-4-2-3-5-15(13)19(20,21)22/h2-7,10H,8-9,11H2,1H3,(H,23,24)(H,25,26). The van der Waals surface area contributed by atoms with Crippen LogP contribution in [0.15, 0.2) is 42.5 Å². The van der Waals surface area contributed by atoms with Crippen molar-refractivity contribution in [3.8, 4) is 5.75 Å². The number of carbonyl (C=O) groups is 2. The maximum absolute atomic E-state index is 13.0. The van der Waals surface area contributed by atoms with E-state index in [1.54, 1.807) is 6.07 Å². The molecule has 2 aromatic rings. The fraction of sp³-hybridized carbons (Fsp3) is 0.263. The lowest BCUT2D eigenvalue weighted by Crippen LogP contribution is -2.28. The number of hydrogen-bond acceptors (Lipinski definition) is 3. The first kappa shape index (κ1) is 20.3. The molecule has 0 saturated heterocycles. The zero-order valence-corrected chi connectivity index (χ0v) is 14.5. The van der Waals surface area contributed by atoms with Gasteiger partial charge in [0, 0.05) is 6.54 Å². The van der Waals surface area contributed by atoms with Crippen LogP contribution in [-0.4, -0.2) is 30.6 Å². The molecule has 2 aromatic carbocycles. The Morgan fingerprint density at radius 2 is 1.81 bits per heavy atom. The van der Waals surface area contributed by atoms with Gasteiger partial charge in [-0.15, -0.1) is 0 Å². The summed E-state index contributed by atoms with van der Waals surface area (Å²) in [7, 11) is 1.40. The van der Waals surface area contributed by atoms with Crippen LogP contribution in [0.5, 0.6) is 5.75 Å². The number of ether oxygens (including phenoxy) is 1. The second-order valence-corrected chi connectivity index (χ2v) is 5.76. The fourth-order valence-corrected chi connectivity index (χ4v) is 2.61. The third-order valence-electron chi connectivity index (χ3n) is 3.92. The largest absolute Gasteiger partial charge is 0.496 e. The number of carboxylic acids is 1. The van der Waals surface area contributed by atoms with Gasteiger partial charge in [0.25, 0.3) is 0 Å². The Hall–Kier alpha value is -3.03. The van der Waals surface area contributed by atoms with Crippen LogP contribution in [0.25, 0.3) is 0 Å². The number of methoxy groups -OCH3 is 1. The van der Waals surface area contributed by atoms with Gasteiger partial charge >= 0.3 is 12.1 Å². The lowest BCUT2D eigenvalue weighted by atomic mass is 10.0. The van der Waals surface area contributed by atoms with E-state index < -0.39 is 23.6 Å². The van der Waals surface area contributed by atoms with Crippen molar-refractivity contribution in [2.45, 2.75) is 19.0 Å². The number of carboxylic acid groups (broad SMARTS) is 1. The average molecular weight is 381 g/mol. The van der Waals surface area contributed by atoms with Crippen LogP contribution in [0.1, 0.15) is 27.0 Å². The van der Waals surface area contributed by atoms with Gasteiger partial charge in [0.05, 0.1) is 24.7 Å². The molecule has 2 rings (SSSR count). The molecule has 2 N–H and O–H groups in total. The molecular weight excluding hydrogens is 363 g/mol. The van der Waals surface area contributed by atoms with Gasteiger partial charge in [-0.05, 0) is 35.7 Å². The van der Waals surface area contributed by atoms with E-state index in [-0.39, 0.29) is 24.1 Å². The van der Waals surface area contributed by atoms with E-state index in [2.05, 4.69) is 5.32 Å². The van der Waals surface area contributed by atoms with Crippen molar-refractivity contribution in [1.29, 1.82) is 0 Å². The van der Waals surface area contributed by atoms with E-state index in [1.807, 2.05) is 0 Å². The molecule has 0 aliphatic carbocycles. The summed E-state index contributed by atoms with van der Waals surface area (Å²) in [5, 5.41) is 11.5. The quantitative estimate of drug-likeness (QED) is 0.772. The first-order valence-electron chi connectivity index (χ1n) is 8.04. The van der Waals surface area contributed by atoms with Gasteiger partial charge in [-0.2, -0.15) is 13.2 Å². The SMILES string of the molecule is COc1cc(C(=O)O)ccc1CCNC(=O)Cc1ccccc1C(F)(F)F. The molecule has 0 bridgehead atoms. The molecule has 1 amide bonds. The summed E-state index contributed by atoms with van der Waals surface area (Å²) in [6, 6.07) is 9.31. The molecule has 0 unspecified atom stereocenters. The Labute approximate surface area is 153 Å². The van der Waals surface area contributed by atoms with Gasteiger partial charge in [-0.1, -0.05) is 24.3 Å². The van der Waals surface area contributed by atoms with E-state index in [4.69, 9.17) is 9.84 Å². The van der Waals surface area contributed by atoms with E-state index in [0.717, 1.165) is 6.07 Å². The van der Waals surface area contributed by atoms with Crippen molar-refractivity contribution in [2.24, 2.45) is 0 Å².